The standard InChI is InChI=1S/C7H13N3O2/c1-5(2)6(10-8)3-9-4-7(11)12/h3,5H,4,8H2,1-2H3,(H,11,12)/b9-3?,10-6+. The van der Waals surface area contributed by atoms with Crippen molar-refractivity contribution in [2.75, 3.05) is 6.54 Å². The van der Waals surface area contributed by atoms with Gasteiger partial charge in [-0.15, -0.1) is 0 Å². The number of aliphatic imine (C=N–C) groups is 1. The van der Waals surface area contributed by atoms with Gasteiger partial charge in [0.05, 0.1) is 5.71 Å². The fourth-order valence-electron chi connectivity index (χ4n) is 0.549. The van der Waals surface area contributed by atoms with Gasteiger partial charge >= 0.3 is 5.97 Å². The highest BCUT2D eigenvalue weighted by atomic mass is 16.4. The second-order valence-electron chi connectivity index (χ2n) is 2.57. The maximum atomic E-state index is 10.1. The lowest BCUT2D eigenvalue weighted by Crippen LogP contribution is -2.12. The minimum Gasteiger partial charge on any atom is -0.480 e. The summed E-state index contributed by atoms with van der Waals surface area (Å²) < 4.78 is 0. The molecule has 0 bridgehead atoms. The van der Waals surface area contributed by atoms with Gasteiger partial charge in [0.2, 0.25) is 0 Å². The van der Waals surface area contributed by atoms with Gasteiger partial charge in [0.25, 0.3) is 0 Å². The molecular weight excluding hydrogens is 158 g/mol. The third kappa shape index (κ3) is 4.43. The zero-order valence-corrected chi connectivity index (χ0v) is 7.19. The van der Waals surface area contributed by atoms with Crippen molar-refractivity contribution in [3.05, 3.63) is 0 Å². The number of carboxylic acid groups (broad SMARTS) is 1. The minimum atomic E-state index is -0.966. The van der Waals surface area contributed by atoms with E-state index in [-0.39, 0.29) is 12.5 Å². The molecule has 0 aliphatic rings. The van der Waals surface area contributed by atoms with Gasteiger partial charge in [-0.1, -0.05) is 13.8 Å². The summed E-state index contributed by atoms with van der Waals surface area (Å²) in [6.07, 6.45) is 1.39. The molecule has 0 unspecified atom stereocenters. The maximum absolute atomic E-state index is 10.1. The first kappa shape index (κ1) is 10.6. The van der Waals surface area contributed by atoms with E-state index < -0.39 is 5.97 Å². The third-order valence-electron chi connectivity index (χ3n) is 1.19. The van der Waals surface area contributed by atoms with Gasteiger partial charge in [-0.3, -0.25) is 9.79 Å². The second-order valence-corrected chi connectivity index (χ2v) is 2.57. The zero-order valence-electron chi connectivity index (χ0n) is 7.19. The van der Waals surface area contributed by atoms with E-state index >= 15 is 0 Å². The molecule has 0 saturated heterocycles. The van der Waals surface area contributed by atoms with E-state index in [9.17, 15) is 4.79 Å². The number of carbonyl (C=O) groups is 1. The molecule has 12 heavy (non-hydrogen) atoms. The van der Waals surface area contributed by atoms with E-state index in [4.69, 9.17) is 10.9 Å². The number of hydrogen-bond donors (Lipinski definition) is 2. The quantitative estimate of drug-likeness (QED) is 0.357. The fourth-order valence-corrected chi connectivity index (χ4v) is 0.549. The van der Waals surface area contributed by atoms with Crippen LogP contribution in [0.5, 0.6) is 0 Å². The Balaban J connectivity index is 4.04. The van der Waals surface area contributed by atoms with Crippen molar-refractivity contribution in [1.29, 1.82) is 0 Å². The van der Waals surface area contributed by atoms with E-state index in [1.807, 2.05) is 13.8 Å². The van der Waals surface area contributed by atoms with E-state index in [0.29, 0.717) is 5.71 Å². The number of nitrogens with two attached hydrogens (primary N) is 1. The van der Waals surface area contributed by atoms with E-state index in [2.05, 4.69) is 10.1 Å². The summed E-state index contributed by atoms with van der Waals surface area (Å²) >= 11 is 0. The Labute approximate surface area is 71.0 Å². The Hall–Kier alpha value is -1.39. The average molecular weight is 171 g/mol. The van der Waals surface area contributed by atoms with Crippen LogP contribution in [-0.4, -0.2) is 29.5 Å². The summed E-state index contributed by atoms with van der Waals surface area (Å²) in [5.74, 6) is 4.23. The first-order valence-electron chi connectivity index (χ1n) is 3.57. The lowest BCUT2D eigenvalue weighted by molar-refractivity contribution is -0.135. The van der Waals surface area contributed by atoms with Crippen LogP contribution in [0.4, 0.5) is 0 Å². The molecule has 0 aromatic rings. The van der Waals surface area contributed by atoms with E-state index in [1.165, 1.54) is 6.21 Å². The molecule has 0 amide bonds. The molecule has 5 nitrogen and oxygen atoms in total. The molecule has 0 aliphatic heterocycles. The van der Waals surface area contributed by atoms with Crippen LogP contribution in [0.2, 0.25) is 0 Å². The lowest BCUT2D eigenvalue weighted by Gasteiger charge is -2.00. The van der Waals surface area contributed by atoms with Crippen LogP contribution >= 0.6 is 0 Å². The van der Waals surface area contributed by atoms with Gasteiger partial charge < -0.3 is 10.9 Å². The summed E-state index contributed by atoms with van der Waals surface area (Å²) in [7, 11) is 0. The largest absolute Gasteiger partial charge is 0.480 e. The van der Waals surface area contributed by atoms with Crippen LogP contribution in [0.1, 0.15) is 13.8 Å². The summed E-state index contributed by atoms with van der Waals surface area (Å²) in [6, 6.07) is 0. The van der Waals surface area contributed by atoms with Crippen molar-refractivity contribution in [3.8, 4) is 0 Å². The second kappa shape index (κ2) is 5.29. The average Bonchev–Trinajstić information content (AvgIpc) is 1.96. The minimum absolute atomic E-state index is 0.160. The molecule has 0 aliphatic carbocycles. The number of hydrogen-bond acceptors (Lipinski definition) is 4. The number of hydrazone groups is 1. The zero-order chi connectivity index (χ0) is 9.56. The monoisotopic (exact) mass is 171 g/mol. The first-order chi connectivity index (χ1) is 5.57. The molecule has 0 radical (unpaired) electrons. The Morgan fingerprint density at radius 3 is 2.58 bits per heavy atom. The van der Waals surface area contributed by atoms with Crippen LogP contribution < -0.4 is 5.84 Å². The third-order valence-corrected chi connectivity index (χ3v) is 1.19. The van der Waals surface area contributed by atoms with Crippen LogP contribution in [0, 0.1) is 5.92 Å². The summed E-state index contributed by atoms with van der Waals surface area (Å²) in [5, 5.41) is 11.7. The van der Waals surface area contributed by atoms with Crippen molar-refractivity contribution >= 4 is 17.9 Å². The summed E-state index contributed by atoms with van der Waals surface area (Å²) in [6.45, 7) is 3.56. The molecular formula is C7H13N3O2. The highest BCUT2D eigenvalue weighted by molar-refractivity contribution is 6.31. The Kier molecular flexibility index (Phi) is 4.67. The normalized spacial score (nSPS) is 12.8. The Morgan fingerprint density at radius 2 is 2.25 bits per heavy atom. The molecule has 5 heteroatoms. The van der Waals surface area contributed by atoms with E-state index in [1.54, 1.807) is 0 Å². The van der Waals surface area contributed by atoms with Crippen LogP contribution in [-0.2, 0) is 4.79 Å². The number of aliphatic carboxylic acids is 1. The molecule has 0 rings (SSSR count). The molecule has 68 valence electrons. The molecule has 0 heterocycles. The topological polar surface area (TPSA) is 88.0 Å². The van der Waals surface area contributed by atoms with Crippen molar-refractivity contribution < 1.29 is 9.90 Å². The molecule has 3 N–H and O–H groups in total. The highest BCUT2D eigenvalue weighted by Gasteiger charge is 2.00. The van der Waals surface area contributed by atoms with Crippen LogP contribution in [0.15, 0.2) is 10.1 Å². The van der Waals surface area contributed by atoms with Gasteiger partial charge in [-0.25, -0.2) is 0 Å². The fraction of sp³-hybridized carbons (Fsp3) is 0.571. The molecule has 0 aromatic carbocycles. The molecule has 0 aromatic heterocycles. The number of carboxylic acids is 1. The predicted molar refractivity (Wildman–Crippen MR) is 47.5 cm³/mol. The van der Waals surface area contributed by atoms with Crippen molar-refractivity contribution in [2.24, 2.45) is 21.9 Å². The molecule has 0 saturated carbocycles. The predicted octanol–water partition coefficient (Wildman–Crippen LogP) is 0.112. The smallest absolute Gasteiger partial charge is 0.325 e. The lowest BCUT2D eigenvalue weighted by atomic mass is 10.1. The maximum Gasteiger partial charge on any atom is 0.325 e. The van der Waals surface area contributed by atoms with Gasteiger partial charge in [-0.2, -0.15) is 5.10 Å². The van der Waals surface area contributed by atoms with Crippen molar-refractivity contribution in [1.82, 2.24) is 0 Å². The van der Waals surface area contributed by atoms with Crippen LogP contribution in [0.3, 0.4) is 0 Å². The molecule has 0 fully saturated rings. The van der Waals surface area contributed by atoms with E-state index in [0.717, 1.165) is 0 Å². The van der Waals surface area contributed by atoms with Gasteiger partial charge in [-0.05, 0) is 5.92 Å². The SMILES string of the molecule is CC(C)/C(C=NCC(=O)O)=N/N. The Bertz CT molecular complexity index is 209. The van der Waals surface area contributed by atoms with Gasteiger partial charge in [0.15, 0.2) is 0 Å². The number of nitrogens with zero attached hydrogens (tertiary/aromatic N) is 2. The van der Waals surface area contributed by atoms with Crippen molar-refractivity contribution in [2.45, 2.75) is 13.8 Å². The summed E-state index contributed by atoms with van der Waals surface area (Å²) in [4.78, 5) is 13.7. The van der Waals surface area contributed by atoms with Gasteiger partial charge in [0.1, 0.15) is 6.54 Å². The van der Waals surface area contributed by atoms with Crippen LogP contribution in [0.25, 0.3) is 0 Å². The summed E-state index contributed by atoms with van der Waals surface area (Å²) in [5.41, 5.74) is 0.594. The molecule has 0 spiro atoms. The van der Waals surface area contributed by atoms with Crippen molar-refractivity contribution in [3.63, 3.8) is 0 Å². The van der Waals surface area contributed by atoms with Gasteiger partial charge in [0, 0.05) is 6.21 Å². The molecule has 0 atom stereocenters. The number of rotatable bonds is 4. The Morgan fingerprint density at radius 1 is 1.67 bits per heavy atom. The first-order valence-corrected chi connectivity index (χ1v) is 3.57. The highest BCUT2D eigenvalue weighted by Crippen LogP contribution is 1.92.